The number of halogens is 6. The van der Waals surface area contributed by atoms with E-state index in [1.165, 1.54) is 10.5 Å². The molecule has 2 aromatic rings. The van der Waals surface area contributed by atoms with Crippen LogP contribution in [0.3, 0.4) is 0 Å². The van der Waals surface area contributed by atoms with Gasteiger partial charge in [0.25, 0.3) is 0 Å². The van der Waals surface area contributed by atoms with Crippen molar-refractivity contribution in [3.63, 3.8) is 0 Å². The predicted molar refractivity (Wildman–Crippen MR) is 88.8 cm³/mol. The standard InChI is InChI=1S/C15H16O2S.AsF6/c1-17-14-7-3-12(4-8-14)11-18(2)15-9-5-13(16)6-10-15;2-1(3,4,5,6)7/h3-10H,11H2,1-2H3;/q;-1/p+1. The third-order valence-electron chi connectivity index (χ3n) is 2.78. The fourth-order valence-electron chi connectivity index (χ4n) is 1.73. The van der Waals surface area contributed by atoms with Crippen molar-refractivity contribution in [3.05, 3.63) is 54.1 Å². The van der Waals surface area contributed by atoms with E-state index in [4.69, 9.17) is 4.74 Å². The summed E-state index contributed by atoms with van der Waals surface area (Å²) in [4.78, 5) is 1.27. The Morgan fingerprint density at radius 3 is 1.72 bits per heavy atom. The second kappa shape index (κ2) is 7.03. The van der Waals surface area contributed by atoms with Crippen LogP contribution in [-0.4, -0.2) is 32.6 Å². The molecule has 0 aliphatic heterocycles. The van der Waals surface area contributed by atoms with Crippen molar-refractivity contribution in [3.8, 4) is 11.5 Å². The fraction of sp³-hybridized carbons (Fsp3) is 0.200. The Morgan fingerprint density at radius 2 is 1.32 bits per heavy atom. The van der Waals surface area contributed by atoms with Crippen molar-refractivity contribution in [2.24, 2.45) is 0 Å². The molecule has 1 unspecified atom stereocenters. The number of rotatable bonds is 4. The van der Waals surface area contributed by atoms with Gasteiger partial charge in [0.1, 0.15) is 23.5 Å². The monoisotopic (exact) mass is 450 g/mol. The van der Waals surface area contributed by atoms with Gasteiger partial charge in [-0.2, -0.15) is 0 Å². The van der Waals surface area contributed by atoms with Gasteiger partial charge in [0.05, 0.1) is 7.11 Å². The van der Waals surface area contributed by atoms with Crippen molar-refractivity contribution < 1.29 is 30.6 Å². The summed E-state index contributed by atoms with van der Waals surface area (Å²) in [6.07, 6.45) is 2.22. The second-order valence-electron chi connectivity index (χ2n) is 5.08. The first-order chi connectivity index (χ1) is 11.1. The predicted octanol–water partition coefficient (Wildman–Crippen LogP) is 5.35. The van der Waals surface area contributed by atoms with E-state index < -0.39 is 14.2 Å². The summed E-state index contributed by atoms with van der Waals surface area (Å²) in [5.41, 5.74) is 1.30. The number of hydrogen-bond donors (Lipinski definition) is 1. The van der Waals surface area contributed by atoms with Crippen molar-refractivity contribution in [1.29, 1.82) is 0 Å². The maximum absolute atomic E-state index is 11.1. The van der Waals surface area contributed by atoms with Gasteiger partial charge in [0.15, 0.2) is 4.90 Å². The minimum absolute atomic E-state index is 0.147. The molecule has 0 heterocycles. The van der Waals surface area contributed by atoms with Crippen LogP contribution in [0.2, 0.25) is 0 Å². The number of benzene rings is 2. The molecule has 0 aliphatic rings. The van der Waals surface area contributed by atoms with Crippen LogP contribution >= 0.6 is 0 Å². The number of aromatic hydroxyl groups is 1. The molecule has 25 heavy (non-hydrogen) atoms. The van der Waals surface area contributed by atoms with Crippen molar-refractivity contribution in [2.45, 2.75) is 10.6 Å². The molecule has 0 amide bonds. The van der Waals surface area contributed by atoms with Crippen LogP contribution in [0.1, 0.15) is 5.56 Å². The third kappa shape index (κ3) is 11.7. The number of phenolic OH excluding ortho intramolecular Hbond substituents is 1. The summed E-state index contributed by atoms with van der Waals surface area (Å²) in [6, 6.07) is 15.6. The second-order valence-corrected chi connectivity index (χ2v) is 11.1. The Kier molecular flexibility index (Phi) is 6.07. The van der Waals surface area contributed by atoms with Crippen LogP contribution in [0.25, 0.3) is 0 Å². The number of methoxy groups -OCH3 is 1. The quantitative estimate of drug-likeness (QED) is 0.387. The molecular formula is C15H17AsF6O2S. The van der Waals surface area contributed by atoms with E-state index >= 15 is 0 Å². The van der Waals surface area contributed by atoms with Gasteiger partial charge >= 0.3 is 35.0 Å². The average molecular weight is 450 g/mol. The van der Waals surface area contributed by atoms with Gasteiger partial charge in [-0.1, -0.05) is 12.1 Å². The molecule has 0 spiro atoms. The molecule has 0 aromatic heterocycles. The average Bonchev–Trinajstić information content (AvgIpc) is 2.45. The van der Waals surface area contributed by atoms with Crippen molar-refractivity contribution >= 4 is 25.1 Å². The summed E-state index contributed by atoms with van der Waals surface area (Å²) >= 11 is -11.1. The Labute approximate surface area is 145 Å². The molecule has 0 aliphatic carbocycles. The zero-order valence-electron chi connectivity index (χ0n) is 13.3. The summed E-state index contributed by atoms with van der Waals surface area (Å²) in [7, 11) is 1.82. The molecule has 0 saturated carbocycles. The Hall–Kier alpha value is -1.47. The molecule has 142 valence electrons. The number of phenols is 1. The van der Waals surface area contributed by atoms with E-state index in [2.05, 4.69) is 18.4 Å². The van der Waals surface area contributed by atoms with Crippen molar-refractivity contribution in [2.75, 3.05) is 13.4 Å². The summed E-state index contributed by atoms with van der Waals surface area (Å²) < 4.78 is 64.6. The first-order valence-electron chi connectivity index (χ1n) is 6.75. The maximum atomic E-state index is 9.91. The fourth-order valence-corrected chi connectivity index (χ4v) is 3.19. The van der Waals surface area contributed by atoms with E-state index in [0.717, 1.165) is 11.5 Å². The zero-order valence-corrected chi connectivity index (χ0v) is 16.0. The number of hydrogen-bond acceptors (Lipinski definition) is 2. The number of ether oxygens (including phenoxy) is 1. The molecule has 1 atom stereocenters. The van der Waals surface area contributed by atoms with E-state index in [0.29, 0.717) is 5.75 Å². The van der Waals surface area contributed by atoms with Gasteiger partial charge in [-0.3, -0.25) is 0 Å². The minimum atomic E-state index is -11.1. The van der Waals surface area contributed by atoms with E-state index in [1.807, 2.05) is 24.3 Å². The molecule has 0 radical (unpaired) electrons. The van der Waals surface area contributed by atoms with Gasteiger partial charge in [-0.15, -0.1) is 0 Å². The van der Waals surface area contributed by atoms with E-state index in [-0.39, 0.29) is 10.9 Å². The van der Waals surface area contributed by atoms with Gasteiger partial charge in [-0.25, -0.2) is 0 Å². The SMILES string of the molecule is COc1ccc(C[S+](C)c2ccc(O)cc2)cc1.F[As-](F)(F)(F)(F)F. The molecule has 10 heteroatoms. The topological polar surface area (TPSA) is 29.5 Å². The summed E-state index contributed by atoms with van der Waals surface area (Å²) in [5, 5.41) is 9.28. The van der Waals surface area contributed by atoms with Crippen LogP contribution in [0.15, 0.2) is 53.4 Å². The van der Waals surface area contributed by atoms with Crippen LogP contribution in [0.4, 0.5) is 20.8 Å². The van der Waals surface area contributed by atoms with E-state index in [1.54, 1.807) is 19.2 Å². The Bertz CT molecular complexity index is 675. The summed E-state index contributed by atoms with van der Waals surface area (Å²) in [5.74, 6) is 2.22. The van der Waals surface area contributed by atoms with Gasteiger partial charge < -0.3 is 9.84 Å². The van der Waals surface area contributed by atoms with Crippen LogP contribution < -0.4 is 4.74 Å². The molecule has 0 fully saturated rings. The molecule has 2 nitrogen and oxygen atoms in total. The van der Waals surface area contributed by atoms with Crippen LogP contribution in [0.5, 0.6) is 11.5 Å². The van der Waals surface area contributed by atoms with Crippen molar-refractivity contribution in [1.82, 2.24) is 0 Å². The van der Waals surface area contributed by atoms with Gasteiger partial charge in [0, 0.05) is 16.5 Å². The van der Waals surface area contributed by atoms with Gasteiger partial charge in [0.2, 0.25) is 0 Å². The summed E-state index contributed by atoms with van der Waals surface area (Å²) in [6.45, 7) is 0. The Morgan fingerprint density at radius 1 is 0.880 bits per heavy atom. The normalized spacial score (nSPS) is 15.2. The molecular weight excluding hydrogens is 433 g/mol. The van der Waals surface area contributed by atoms with Crippen LogP contribution in [0, 0.1) is 0 Å². The molecule has 0 bridgehead atoms. The van der Waals surface area contributed by atoms with Crippen LogP contribution in [-0.2, 0) is 16.6 Å². The Balaban J connectivity index is 0.000000381. The molecule has 1 N–H and O–H groups in total. The van der Waals surface area contributed by atoms with E-state index in [9.17, 15) is 25.9 Å². The molecule has 2 aromatic carbocycles. The first kappa shape index (κ1) is 21.6. The van der Waals surface area contributed by atoms with Gasteiger partial charge in [-0.05, 0) is 36.4 Å². The third-order valence-corrected chi connectivity index (χ3v) is 4.62. The zero-order chi connectivity index (χ0) is 19.4. The molecule has 2 rings (SSSR count). The first-order valence-corrected chi connectivity index (χ1v) is 12.8. The molecule has 0 saturated heterocycles.